The fourth-order valence-electron chi connectivity index (χ4n) is 1.93. The second kappa shape index (κ2) is 5.89. The Balaban J connectivity index is 2.35. The molecular formula is C15H15F2NO2S. The summed E-state index contributed by atoms with van der Waals surface area (Å²) in [5.74, 6) is -2.05. The van der Waals surface area contributed by atoms with Crippen molar-refractivity contribution in [1.82, 2.24) is 4.98 Å². The number of halogens is 2. The molecule has 1 aromatic heterocycles. The molecule has 1 heterocycles. The number of hydrogen-bond donors (Lipinski definition) is 0. The van der Waals surface area contributed by atoms with E-state index in [0.29, 0.717) is 11.6 Å². The van der Waals surface area contributed by atoms with Crippen molar-refractivity contribution in [2.24, 2.45) is 0 Å². The second-order valence-electron chi connectivity index (χ2n) is 5.12. The van der Waals surface area contributed by atoms with Gasteiger partial charge in [-0.3, -0.25) is 4.98 Å². The topological polar surface area (TPSA) is 47.0 Å². The quantitative estimate of drug-likeness (QED) is 0.812. The van der Waals surface area contributed by atoms with Crippen molar-refractivity contribution < 1.29 is 17.2 Å². The first-order chi connectivity index (χ1) is 9.79. The lowest BCUT2D eigenvalue weighted by Gasteiger charge is -2.09. The number of aromatic nitrogens is 1. The maximum atomic E-state index is 13.6. The zero-order chi connectivity index (χ0) is 15.6. The Morgan fingerprint density at radius 1 is 1.14 bits per heavy atom. The van der Waals surface area contributed by atoms with Gasteiger partial charge in [0.2, 0.25) is 0 Å². The molecule has 0 radical (unpaired) electrons. The van der Waals surface area contributed by atoms with E-state index < -0.39 is 26.4 Å². The van der Waals surface area contributed by atoms with Crippen molar-refractivity contribution >= 4 is 9.84 Å². The van der Waals surface area contributed by atoms with Crippen molar-refractivity contribution in [3.63, 3.8) is 0 Å². The lowest BCUT2D eigenvalue weighted by molar-refractivity contribution is 0.548. The van der Waals surface area contributed by atoms with E-state index in [2.05, 4.69) is 4.98 Å². The molecule has 0 amide bonds. The van der Waals surface area contributed by atoms with Crippen LogP contribution in [0.15, 0.2) is 41.6 Å². The van der Waals surface area contributed by atoms with Crippen LogP contribution in [0.25, 0.3) is 0 Å². The van der Waals surface area contributed by atoms with Crippen LogP contribution in [-0.4, -0.2) is 13.4 Å². The molecule has 112 valence electrons. The van der Waals surface area contributed by atoms with Gasteiger partial charge in [-0.25, -0.2) is 17.2 Å². The molecule has 0 aliphatic rings. The third-order valence-electron chi connectivity index (χ3n) is 3.07. The van der Waals surface area contributed by atoms with E-state index in [9.17, 15) is 17.2 Å². The fraction of sp³-hybridized carbons (Fsp3) is 0.267. The summed E-state index contributed by atoms with van der Waals surface area (Å²) in [4.78, 5) is 3.50. The summed E-state index contributed by atoms with van der Waals surface area (Å²) in [6.07, 6.45) is 3.10. The Labute approximate surface area is 122 Å². The molecule has 0 bridgehead atoms. The van der Waals surface area contributed by atoms with Gasteiger partial charge < -0.3 is 0 Å². The van der Waals surface area contributed by atoms with E-state index in [1.165, 1.54) is 6.20 Å². The van der Waals surface area contributed by atoms with Crippen LogP contribution in [0.5, 0.6) is 0 Å². The highest BCUT2D eigenvalue weighted by Crippen LogP contribution is 2.22. The van der Waals surface area contributed by atoms with Crippen LogP contribution in [-0.2, 0) is 15.6 Å². The molecule has 21 heavy (non-hydrogen) atoms. The summed E-state index contributed by atoms with van der Waals surface area (Å²) < 4.78 is 50.9. The summed E-state index contributed by atoms with van der Waals surface area (Å²) in [5, 5.41) is 0. The Morgan fingerprint density at radius 3 is 2.48 bits per heavy atom. The first-order valence-corrected chi connectivity index (χ1v) is 8.06. The van der Waals surface area contributed by atoms with Crippen LogP contribution in [0.2, 0.25) is 0 Å². The number of benzene rings is 1. The Kier molecular flexibility index (Phi) is 4.37. The van der Waals surface area contributed by atoms with Crippen LogP contribution in [0.4, 0.5) is 8.78 Å². The summed E-state index contributed by atoms with van der Waals surface area (Å²) in [6.45, 7) is 3.93. The van der Waals surface area contributed by atoms with E-state index in [-0.39, 0.29) is 11.7 Å². The van der Waals surface area contributed by atoms with Crippen molar-refractivity contribution in [3.05, 3.63) is 59.4 Å². The highest BCUT2D eigenvalue weighted by molar-refractivity contribution is 7.90. The summed E-state index contributed by atoms with van der Waals surface area (Å²) in [6, 6.07) is 4.17. The van der Waals surface area contributed by atoms with E-state index in [1.807, 2.05) is 13.8 Å². The molecule has 2 rings (SSSR count). The normalized spacial score (nSPS) is 11.9. The molecular weight excluding hydrogens is 296 g/mol. The third kappa shape index (κ3) is 3.64. The summed E-state index contributed by atoms with van der Waals surface area (Å²) in [5.41, 5.74) is 1.38. The molecule has 0 fully saturated rings. The predicted molar refractivity (Wildman–Crippen MR) is 75.6 cm³/mol. The standard InChI is InChI=1S/C15H15F2NO2S/c1-10(2)12-5-11(7-18-8-12)9-21(19,20)15-4-3-13(16)6-14(15)17/h3-8,10H,9H2,1-2H3. The van der Waals surface area contributed by atoms with Gasteiger partial charge in [0.15, 0.2) is 9.84 Å². The molecule has 1 aromatic carbocycles. The van der Waals surface area contributed by atoms with Gasteiger partial charge in [0.25, 0.3) is 0 Å². The molecule has 0 saturated carbocycles. The fourth-order valence-corrected chi connectivity index (χ4v) is 3.31. The third-order valence-corrected chi connectivity index (χ3v) is 4.78. The Bertz CT molecular complexity index is 758. The van der Waals surface area contributed by atoms with E-state index in [1.54, 1.807) is 12.3 Å². The molecule has 0 aliphatic heterocycles. The van der Waals surface area contributed by atoms with Gasteiger partial charge >= 0.3 is 0 Å². The van der Waals surface area contributed by atoms with E-state index in [0.717, 1.165) is 17.7 Å². The number of nitrogens with zero attached hydrogens (tertiary/aromatic N) is 1. The minimum Gasteiger partial charge on any atom is -0.264 e. The summed E-state index contributed by atoms with van der Waals surface area (Å²) in [7, 11) is -3.88. The highest BCUT2D eigenvalue weighted by Gasteiger charge is 2.20. The molecule has 2 aromatic rings. The van der Waals surface area contributed by atoms with Crippen LogP contribution in [0.1, 0.15) is 30.9 Å². The van der Waals surface area contributed by atoms with E-state index >= 15 is 0 Å². The molecule has 0 atom stereocenters. The molecule has 0 aliphatic carbocycles. The van der Waals surface area contributed by atoms with Crippen LogP contribution < -0.4 is 0 Å². The Morgan fingerprint density at radius 2 is 1.86 bits per heavy atom. The van der Waals surface area contributed by atoms with Crippen molar-refractivity contribution in [3.8, 4) is 0 Å². The molecule has 0 N–H and O–H groups in total. The molecule has 3 nitrogen and oxygen atoms in total. The van der Waals surface area contributed by atoms with Gasteiger partial charge in [0, 0.05) is 18.5 Å². The Hall–Kier alpha value is -1.82. The van der Waals surface area contributed by atoms with Crippen LogP contribution in [0, 0.1) is 11.6 Å². The van der Waals surface area contributed by atoms with Gasteiger partial charge in [0.1, 0.15) is 16.5 Å². The zero-order valence-electron chi connectivity index (χ0n) is 11.7. The van der Waals surface area contributed by atoms with Crippen molar-refractivity contribution in [2.75, 3.05) is 0 Å². The van der Waals surface area contributed by atoms with Crippen LogP contribution in [0.3, 0.4) is 0 Å². The van der Waals surface area contributed by atoms with Crippen LogP contribution >= 0.6 is 0 Å². The largest absolute Gasteiger partial charge is 0.264 e. The number of hydrogen-bond acceptors (Lipinski definition) is 3. The highest BCUT2D eigenvalue weighted by atomic mass is 32.2. The van der Waals surface area contributed by atoms with E-state index in [4.69, 9.17) is 0 Å². The lowest BCUT2D eigenvalue weighted by atomic mass is 10.0. The van der Waals surface area contributed by atoms with Gasteiger partial charge in [-0.2, -0.15) is 0 Å². The maximum Gasteiger partial charge on any atom is 0.185 e. The van der Waals surface area contributed by atoms with Crippen molar-refractivity contribution in [2.45, 2.75) is 30.4 Å². The maximum absolute atomic E-state index is 13.6. The molecule has 0 saturated heterocycles. The number of sulfone groups is 1. The smallest absolute Gasteiger partial charge is 0.185 e. The lowest BCUT2D eigenvalue weighted by Crippen LogP contribution is -2.08. The van der Waals surface area contributed by atoms with Gasteiger partial charge in [-0.1, -0.05) is 19.9 Å². The van der Waals surface area contributed by atoms with Crippen molar-refractivity contribution in [1.29, 1.82) is 0 Å². The second-order valence-corrected chi connectivity index (χ2v) is 7.07. The van der Waals surface area contributed by atoms with Gasteiger partial charge in [0.05, 0.1) is 5.75 Å². The van der Waals surface area contributed by atoms with Gasteiger partial charge in [-0.15, -0.1) is 0 Å². The number of pyridine rings is 1. The first kappa shape index (κ1) is 15.6. The molecule has 6 heteroatoms. The average molecular weight is 311 g/mol. The molecule has 0 unspecified atom stereocenters. The summed E-state index contributed by atoms with van der Waals surface area (Å²) >= 11 is 0. The molecule has 0 spiro atoms. The monoisotopic (exact) mass is 311 g/mol. The minimum atomic E-state index is -3.88. The SMILES string of the molecule is CC(C)c1cncc(CS(=O)(=O)c2ccc(F)cc2F)c1. The van der Waals surface area contributed by atoms with Gasteiger partial charge in [-0.05, 0) is 29.2 Å². The average Bonchev–Trinajstić information content (AvgIpc) is 2.37. The number of rotatable bonds is 4. The first-order valence-electron chi connectivity index (χ1n) is 6.41. The minimum absolute atomic E-state index is 0.211. The zero-order valence-corrected chi connectivity index (χ0v) is 12.5. The predicted octanol–water partition coefficient (Wildman–Crippen LogP) is 3.46.